The predicted molar refractivity (Wildman–Crippen MR) is 28.9 cm³/mol. The van der Waals surface area contributed by atoms with Crippen molar-refractivity contribution in [1.29, 1.82) is 0 Å². The van der Waals surface area contributed by atoms with Crippen LogP contribution in [0.3, 0.4) is 0 Å². The summed E-state index contributed by atoms with van der Waals surface area (Å²) in [4.78, 5) is 9.77. The van der Waals surface area contributed by atoms with Crippen LogP contribution in [0.5, 0.6) is 0 Å². The first-order valence-electron chi connectivity index (χ1n) is 2.33. The van der Waals surface area contributed by atoms with Gasteiger partial charge >= 0.3 is 0 Å². The van der Waals surface area contributed by atoms with Crippen molar-refractivity contribution in [3.8, 4) is 0 Å². The number of aldehydes is 1. The average molecular weight is 100 g/mol. The lowest BCUT2D eigenvalue weighted by Crippen LogP contribution is -2.26. The largest absolute Gasteiger partial charge is 0.308 e. The lowest BCUT2D eigenvalue weighted by molar-refractivity contribution is -0.108. The van der Waals surface area contributed by atoms with Gasteiger partial charge in [0.05, 0.1) is 6.04 Å². The van der Waals surface area contributed by atoms with Crippen LogP contribution in [0.2, 0.25) is 0 Å². The van der Waals surface area contributed by atoms with E-state index in [1.165, 1.54) is 0 Å². The molecule has 2 nitrogen and oxygen atoms in total. The minimum absolute atomic E-state index is 0.231. The van der Waals surface area contributed by atoms with E-state index in [1.54, 1.807) is 0 Å². The van der Waals surface area contributed by atoms with Crippen molar-refractivity contribution in [3.63, 3.8) is 0 Å². The number of carbonyl (C=O) groups excluding carboxylic acids is 1. The second kappa shape index (κ2) is 3.81. The van der Waals surface area contributed by atoms with Crippen LogP contribution in [-0.2, 0) is 4.79 Å². The number of nitrogens with one attached hydrogen (secondary N) is 1. The Morgan fingerprint density at radius 3 is 2.71 bits per heavy atom. The molecule has 0 saturated heterocycles. The zero-order valence-electron chi connectivity index (χ0n) is 4.48. The van der Waals surface area contributed by atoms with Gasteiger partial charge in [-0.1, -0.05) is 6.92 Å². The standard InChI is InChI=1S/C5H10NO/c1-3-6-5(2)4-7/h4-6H,2-3H2,1H3. The highest BCUT2D eigenvalue weighted by atomic mass is 16.1. The molecular formula is C5H10NO. The highest BCUT2D eigenvalue weighted by Gasteiger charge is 1.90. The minimum atomic E-state index is -0.231. The zero-order chi connectivity index (χ0) is 5.70. The third-order valence-electron chi connectivity index (χ3n) is 0.631. The fourth-order valence-corrected chi connectivity index (χ4v) is 0.310. The first-order valence-corrected chi connectivity index (χ1v) is 2.33. The summed E-state index contributed by atoms with van der Waals surface area (Å²) in [7, 11) is 0. The normalized spacial score (nSPS) is 13.4. The van der Waals surface area contributed by atoms with E-state index in [-0.39, 0.29) is 6.04 Å². The molecule has 0 aromatic carbocycles. The van der Waals surface area contributed by atoms with Gasteiger partial charge in [-0.15, -0.1) is 0 Å². The Kier molecular flexibility index (Phi) is 3.61. The second-order valence-corrected chi connectivity index (χ2v) is 1.30. The van der Waals surface area contributed by atoms with Gasteiger partial charge in [0, 0.05) is 0 Å². The van der Waals surface area contributed by atoms with E-state index in [2.05, 4.69) is 12.2 Å². The van der Waals surface area contributed by atoms with Crippen molar-refractivity contribution in [3.05, 3.63) is 6.92 Å². The topological polar surface area (TPSA) is 29.1 Å². The molecule has 0 bridgehead atoms. The molecule has 0 aromatic heterocycles. The monoisotopic (exact) mass is 100 g/mol. The number of hydrogen-bond donors (Lipinski definition) is 1. The number of carbonyl (C=O) groups is 1. The van der Waals surface area contributed by atoms with Crippen molar-refractivity contribution in [2.75, 3.05) is 6.54 Å². The minimum Gasteiger partial charge on any atom is -0.308 e. The quantitative estimate of drug-likeness (QED) is 0.506. The highest BCUT2D eigenvalue weighted by molar-refractivity contribution is 5.58. The van der Waals surface area contributed by atoms with Crippen molar-refractivity contribution in [2.45, 2.75) is 13.0 Å². The van der Waals surface area contributed by atoms with Crippen LogP contribution < -0.4 is 5.32 Å². The molecule has 1 N–H and O–H groups in total. The summed E-state index contributed by atoms with van der Waals surface area (Å²) >= 11 is 0. The van der Waals surface area contributed by atoms with Gasteiger partial charge < -0.3 is 10.1 Å². The Hall–Kier alpha value is -0.370. The lowest BCUT2D eigenvalue weighted by atomic mass is 10.4. The molecule has 0 aliphatic rings. The van der Waals surface area contributed by atoms with E-state index in [0.29, 0.717) is 0 Å². The zero-order valence-corrected chi connectivity index (χ0v) is 4.48. The molecule has 0 saturated carbocycles. The highest BCUT2D eigenvalue weighted by Crippen LogP contribution is 1.67. The van der Waals surface area contributed by atoms with Crippen LogP contribution in [0.1, 0.15) is 6.92 Å². The summed E-state index contributed by atoms with van der Waals surface area (Å²) < 4.78 is 0. The predicted octanol–water partition coefficient (Wildman–Crippen LogP) is -0.00251. The van der Waals surface area contributed by atoms with Crippen LogP contribution in [0.25, 0.3) is 0 Å². The molecule has 0 rings (SSSR count). The van der Waals surface area contributed by atoms with Crippen LogP contribution >= 0.6 is 0 Å². The summed E-state index contributed by atoms with van der Waals surface area (Å²) in [5.41, 5.74) is 0. The molecule has 0 heterocycles. The van der Waals surface area contributed by atoms with Crippen molar-refractivity contribution in [2.24, 2.45) is 0 Å². The van der Waals surface area contributed by atoms with E-state index in [4.69, 9.17) is 0 Å². The van der Waals surface area contributed by atoms with E-state index < -0.39 is 0 Å². The van der Waals surface area contributed by atoms with Gasteiger partial charge in [-0.25, -0.2) is 0 Å². The number of likely N-dealkylation sites (N-methyl/N-ethyl adjacent to an activating group) is 1. The molecule has 41 valence electrons. The smallest absolute Gasteiger partial charge is 0.136 e. The molecule has 0 aliphatic carbocycles. The third kappa shape index (κ3) is 3.46. The number of hydrogen-bond acceptors (Lipinski definition) is 2. The Morgan fingerprint density at radius 2 is 2.57 bits per heavy atom. The number of rotatable bonds is 3. The Bertz CT molecular complexity index is 54.0. The average Bonchev–Trinajstić information content (AvgIpc) is 1.68. The van der Waals surface area contributed by atoms with Crippen LogP contribution in [-0.4, -0.2) is 18.9 Å². The fraction of sp³-hybridized carbons (Fsp3) is 0.600. The summed E-state index contributed by atoms with van der Waals surface area (Å²) in [6.07, 6.45) is 0.781. The maximum Gasteiger partial charge on any atom is 0.136 e. The Labute approximate surface area is 43.9 Å². The van der Waals surface area contributed by atoms with Gasteiger partial charge in [0.1, 0.15) is 6.29 Å². The Balaban J connectivity index is 2.98. The molecule has 1 unspecified atom stereocenters. The van der Waals surface area contributed by atoms with Gasteiger partial charge in [-0.3, -0.25) is 0 Å². The van der Waals surface area contributed by atoms with Gasteiger partial charge in [0.2, 0.25) is 0 Å². The van der Waals surface area contributed by atoms with Crippen molar-refractivity contribution >= 4 is 6.29 Å². The lowest BCUT2D eigenvalue weighted by Gasteiger charge is -1.99. The van der Waals surface area contributed by atoms with Crippen LogP contribution in [0, 0.1) is 6.92 Å². The van der Waals surface area contributed by atoms with E-state index >= 15 is 0 Å². The van der Waals surface area contributed by atoms with Crippen molar-refractivity contribution in [1.82, 2.24) is 5.32 Å². The fourth-order valence-electron chi connectivity index (χ4n) is 0.310. The summed E-state index contributed by atoms with van der Waals surface area (Å²) in [6.45, 7) is 6.20. The SMILES string of the molecule is [CH2]C(C=O)NCC. The molecule has 1 atom stereocenters. The molecular weight excluding hydrogens is 90.1 g/mol. The molecule has 1 radical (unpaired) electrons. The molecule has 0 aromatic rings. The summed E-state index contributed by atoms with van der Waals surface area (Å²) in [5.74, 6) is 0. The van der Waals surface area contributed by atoms with E-state index in [9.17, 15) is 4.79 Å². The summed E-state index contributed by atoms with van der Waals surface area (Å²) in [6, 6.07) is -0.231. The van der Waals surface area contributed by atoms with Crippen LogP contribution in [0.4, 0.5) is 0 Å². The molecule has 0 fully saturated rings. The third-order valence-corrected chi connectivity index (χ3v) is 0.631. The first-order chi connectivity index (χ1) is 3.31. The van der Waals surface area contributed by atoms with E-state index in [0.717, 1.165) is 12.8 Å². The maximum absolute atomic E-state index is 9.77. The molecule has 0 amide bonds. The van der Waals surface area contributed by atoms with Gasteiger partial charge in [0.15, 0.2) is 0 Å². The van der Waals surface area contributed by atoms with E-state index in [1.807, 2.05) is 6.92 Å². The van der Waals surface area contributed by atoms with Crippen molar-refractivity contribution < 1.29 is 4.79 Å². The summed E-state index contributed by atoms with van der Waals surface area (Å²) in [5, 5.41) is 2.82. The van der Waals surface area contributed by atoms with Gasteiger partial charge in [-0.2, -0.15) is 0 Å². The molecule has 7 heavy (non-hydrogen) atoms. The second-order valence-electron chi connectivity index (χ2n) is 1.30. The molecule has 2 heteroatoms. The van der Waals surface area contributed by atoms with Gasteiger partial charge in [-0.05, 0) is 13.5 Å². The van der Waals surface area contributed by atoms with Gasteiger partial charge in [0.25, 0.3) is 0 Å². The molecule has 0 aliphatic heterocycles. The van der Waals surface area contributed by atoms with Crippen LogP contribution in [0.15, 0.2) is 0 Å². The molecule has 0 spiro atoms. The Morgan fingerprint density at radius 1 is 2.00 bits per heavy atom. The first kappa shape index (κ1) is 6.63. The maximum atomic E-state index is 9.77.